The Morgan fingerprint density at radius 3 is 1.42 bits per heavy atom. The largest absolute Gasteiger partial charge is 0.510 e. The van der Waals surface area contributed by atoms with E-state index in [2.05, 4.69) is 25.4 Å². The van der Waals surface area contributed by atoms with Crippen LogP contribution in [0.5, 0.6) is 0 Å². The van der Waals surface area contributed by atoms with E-state index in [-0.39, 0.29) is 0 Å². The Hall–Kier alpha value is -1.09. The summed E-state index contributed by atoms with van der Waals surface area (Å²) < 4.78 is 164. The summed E-state index contributed by atoms with van der Waals surface area (Å²) >= 11 is 2.16. The summed E-state index contributed by atoms with van der Waals surface area (Å²) in [5.41, 5.74) is -5.07. The van der Waals surface area contributed by atoms with E-state index < -0.39 is 59.7 Å². The number of carbonyl (C=O) groups excluding carboxylic acids is 1. The monoisotopic (exact) mass is 480 g/mol. The van der Waals surface area contributed by atoms with Crippen molar-refractivity contribution in [2.45, 2.75) is 53.6 Å². The second kappa shape index (κ2) is 5.95. The molecule has 16 heteroatoms. The summed E-state index contributed by atoms with van der Waals surface area (Å²) in [5.74, 6) is -29.9. The van der Waals surface area contributed by atoms with Gasteiger partial charge < -0.3 is 9.47 Å². The van der Waals surface area contributed by atoms with Gasteiger partial charge in [-0.15, -0.1) is 0 Å². The maximum atomic E-state index is 14.2. The molecule has 0 spiro atoms. The van der Waals surface area contributed by atoms with Crippen LogP contribution in [-0.4, -0.2) is 52.8 Å². The van der Waals surface area contributed by atoms with Gasteiger partial charge in [0.05, 0.1) is 0 Å². The summed E-state index contributed by atoms with van der Waals surface area (Å²) in [7, 11) is 0. The number of halogens is 13. The Morgan fingerprint density at radius 1 is 0.731 bits per heavy atom. The number of carbonyl (C=O) groups is 1. The van der Waals surface area contributed by atoms with E-state index in [1.807, 2.05) is 0 Å². The second-order valence-corrected chi connectivity index (χ2v) is 6.03. The van der Waals surface area contributed by atoms with Crippen LogP contribution in [0.4, 0.5) is 57.5 Å². The molecule has 1 rings (SSSR count). The number of ether oxygens (including phenoxy) is 2. The van der Waals surface area contributed by atoms with Crippen LogP contribution in [0.2, 0.25) is 0 Å². The van der Waals surface area contributed by atoms with Crippen LogP contribution < -0.4 is 0 Å². The van der Waals surface area contributed by atoms with Gasteiger partial charge >= 0.3 is 36.0 Å². The van der Waals surface area contributed by atoms with Gasteiger partial charge in [0.15, 0.2) is 11.1 Å². The van der Waals surface area contributed by atoms with Crippen molar-refractivity contribution < 1.29 is 67.0 Å². The molecule has 1 aliphatic rings. The Morgan fingerprint density at radius 2 is 1.12 bits per heavy atom. The smallest absolute Gasteiger partial charge is 0.422 e. The number of rotatable bonds is 5. The van der Waals surface area contributed by atoms with Crippen molar-refractivity contribution in [1.82, 2.24) is 0 Å². The van der Waals surface area contributed by atoms with E-state index in [1.54, 1.807) is 0 Å². The van der Waals surface area contributed by atoms with Gasteiger partial charge in [0.2, 0.25) is 5.67 Å². The third kappa shape index (κ3) is 2.87. The quantitative estimate of drug-likeness (QED) is 0.313. The Bertz CT molecular complexity index is 572. The minimum Gasteiger partial charge on any atom is -0.422 e. The first-order chi connectivity index (χ1) is 11.2. The third-order valence-corrected chi connectivity index (χ3v) is 4.02. The van der Waals surface area contributed by atoms with Crippen molar-refractivity contribution in [1.29, 1.82) is 0 Å². The Balaban J connectivity index is 3.46. The van der Waals surface area contributed by atoms with Gasteiger partial charge in [0.25, 0.3) is 0 Å². The molecule has 3 atom stereocenters. The molecule has 0 aromatic carbocycles. The highest BCUT2D eigenvalue weighted by molar-refractivity contribution is 9.09. The number of hydrogen-bond acceptors (Lipinski definition) is 3. The summed E-state index contributed by atoms with van der Waals surface area (Å²) in [4.78, 5) is 10.7. The molecule has 0 saturated carbocycles. The van der Waals surface area contributed by atoms with E-state index >= 15 is 0 Å². The zero-order valence-corrected chi connectivity index (χ0v) is 13.4. The molecule has 0 aromatic heterocycles. The lowest BCUT2D eigenvalue weighted by Gasteiger charge is -2.42. The minimum absolute atomic E-state index is 0.566. The van der Waals surface area contributed by atoms with Crippen LogP contribution in [0.25, 0.3) is 0 Å². The van der Waals surface area contributed by atoms with Crippen LogP contribution >= 0.6 is 15.9 Å². The SMILES string of the molecule is CC(F)(C1OC(=O)OC1Br)C(F)(F)C(F)(F)C(F)(F)C(F)(F)C(F)(F)F. The lowest BCUT2D eigenvalue weighted by molar-refractivity contribution is -0.434. The minimum atomic E-state index is -7.78. The van der Waals surface area contributed by atoms with E-state index in [0.717, 1.165) is 0 Å². The Kier molecular flexibility index (Phi) is 5.26. The average molecular weight is 481 g/mol. The molecule has 1 saturated heterocycles. The fourth-order valence-electron chi connectivity index (χ4n) is 1.75. The molecule has 1 aliphatic heterocycles. The van der Waals surface area contributed by atoms with E-state index in [0.29, 0.717) is 0 Å². The molecule has 0 aromatic rings. The predicted molar refractivity (Wildman–Crippen MR) is 59.4 cm³/mol. The van der Waals surface area contributed by atoms with Gasteiger partial charge in [-0.2, -0.15) is 48.3 Å². The molecule has 1 fully saturated rings. The third-order valence-electron chi connectivity index (χ3n) is 3.36. The first-order valence-electron chi connectivity index (χ1n) is 5.94. The molecule has 3 unspecified atom stereocenters. The van der Waals surface area contributed by atoms with Gasteiger partial charge in [0.1, 0.15) is 0 Å². The number of hydrogen-bond donors (Lipinski definition) is 0. The zero-order valence-electron chi connectivity index (χ0n) is 11.8. The van der Waals surface area contributed by atoms with Crippen LogP contribution in [0.15, 0.2) is 0 Å². The molecule has 1 heterocycles. The highest BCUT2D eigenvalue weighted by Crippen LogP contribution is 2.61. The molecule has 0 aliphatic carbocycles. The fraction of sp³-hybridized carbons (Fsp3) is 0.900. The predicted octanol–water partition coefficient (Wildman–Crippen LogP) is 5.07. The van der Waals surface area contributed by atoms with Crippen molar-refractivity contribution in [3.05, 3.63) is 0 Å². The first-order valence-corrected chi connectivity index (χ1v) is 6.86. The summed E-state index contributed by atoms with van der Waals surface area (Å²) in [6.45, 7) is -0.566. The highest BCUT2D eigenvalue weighted by atomic mass is 79.9. The lowest BCUT2D eigenvalue weighted by atomic mass is 9.84. The van der Waals surface area contributed by atoms with E-state index in [4.69, 9.17) is 0 Å². The molecule has 154 valence electrons. The summed E-state index contributed by atoms with van der Waals surface area (Å²) in [5, 5.41) is -2.26. The lowest BCUT2D eigenvalue weighted by Crippen LogP contribution is -2.72. The number of cyclic esters (lactones) is 2. The maximum Gasteiger partial charge on any atom is 0.510 e. The van der Waals surface area contributed by atoms with Gasteiger partial charge in [-0.25, -0.2) is 9.18 Å². The zero-order chi connectivity index (χ0) is 21.1. The highest BCUT2D eigenvalue weighted by Gasteiger charge is 2.90. The number of alkyl halides is 13. The molecule has 0 amide bonds. The second-order valence-electron chi connectivity index (χ2n) is 5.13. The molecular weight excluding hydrogens is 476 g/mol. The van der Waals surface area contributed by atoms with E-state index in [1.165, 1.54) is 0 Å². The standard InChI is InChI=1S/C10H5BrF12O3/c1-5(12,2-3(11)26-4(24)25-2)6(13,14)7(15,16)8(17,18)9(19,20)10(21,22)23/h2-3H,1H3. The van der Waals surface area contributed by atoms with Crippen molar-refractivity contribution in [3.8, 4) is 0 Å². The maximum absolute atomic E-state index is 14.2. The fourth-order valence-corrected chi connectivity index (χ4v) is 2.51. The topological polar surface area (TPSA) is 35.5 Å². The molecule has 26 heavy (non-hydrogen) atoms. The summed E-state index contributed by atoms with van der Waals surface area (Å²) in [6.07, 6.45) is -12.4. The van der Waals surface area contributed by atoms with Crippen LogP contribution in [0.1, 0.15) is 6.92 Å². The van der Waals surface area contributed by atoms with Gasteiger partial charge in [-0.1, -0.05) is 0 Å². The normalized spacial score (nSPS) is 25.5. The van der Waals surface area contributed by atoms with Crippen LogP contribution in [-0.2, 0) is 9.47 Å². The van der Waals surface area contributed by atoms with Gasteiger partial charge in [-0.3, -0.25) is 0 Å². The molecule has 0 N–H and O–H groups in total. The van der Waals surface area contributed by atoms with Gasteiger partial charge in [-0.05, 0) is 22.9 Å². The van der Waals surface area contributed by atoms with Crippen molar-refractivity contribution >= 4 is 22.1 Å². The van der Waals surface area contributed by atoms with Gasteiger partial charge in [0, 0.05) is 0 Å². The average Bonchev–Trinajstić information content (AvgIpc) is 2.76. The molecule has 3 nitrogen and oxygen atoms in total. The van der Waals surface area contributed by atoms with E-state index in [9.17, 15) is 57.5 Å². The molecular formula is C10H5BrF12O3. The van der Waals surface area contributed by atoms with Crippen molar-refractivity contribution in [2.75, 3.05) is 0 Å². The van der Waals surface area contributed by atoms with Crippen LogP contribution in [0, 0.1) is 0 Å². The molecule has 0 bridgehead atoms. The van der Waals surface area contributed by atoms with Crippen molar-refractivity contribution in [2.24, 2.45) is 0 Å². The Labute approximate surface area is 143 Å². The van der Waals surface area contributed by atoms with Crippen molar-refractivity contribution in [3.63, 3.8) is 0 Å². The summed E-state index contributed by atoms with van der Waals surface area (Å²) in [6, 6.07) is 0. The first kappa shape index (κ1) is 23.0. The van der Waals surface area contributed by atoms with Crippen LogP contribution in [0.3, 0.4) is 0 Å². The molecule has 0 radical (unpaired) electrons.